The first-order chi connectivity index (χ1) is 9.60. The van der Waals surface area contributed by atoms with Crippen molar-refractivity contribution in [3.63, 3.8) is 0 Å². The molecule has 20 heavy (non-hydrogen) atoms. The molecule has 6 nitrogen and oxygen atoms in total. The van der Waals surface area contributed by atoms with Crippen molar-refractivity contribution >= 4 is 5.69 Å². The number of nitrogens with zero attached hydrogens (tertiary/aromatic N) is 2. The van der Waals surface area contributed by atoms with E-state index in [0.717, 1.165) is 5.75 Å². The van der Waals surface area contributed by atoms with Gasteiger partial charge in [-0.25, -0.2) is 0 Å². The summed E-state index contributed by atoms with van der Waals surface area (Å²) in [7, 11) is 1.60. The van der Waals surface area contributed by atoms with Gasteiger partial charge in [-0.3, -0.25) is 0 Å². The summed E-state index contributed by atoms with van der Waals surface area (Å²) in [6.07, 6.45) is 1.33. The standard InChI is InChI=1S/C14H17N3O3/c1-9(2)19-13-12(15)14(17-8-16-13)20-11-6-4-10(18-3)5-7-11/h4-9H,15H2,1-3H3. The quantitative estimate of drug-likeness (QED) is 0.903. The second-order valence-corrected chi connectivity index (χ2v) is 4.34. The molecule has 0 unspecified atom stereocenters. The first-order valence-corrected chi connectivity index (χ1v) is 6.19. The molecule has 6 heteroatoms. The maximum atomic E-state index is 5.94. The Morgan fingerprint density at radius 1 is 1.00 bits per heavy atom. The summed E-state index contributed by atoms with van der Waals surface area (Å²) >= 11 is 0. The van der Waals surface area contributed by atoms with Gasteiger partial charge in [0, 0.05) is 0 Å². The van der Waals surface area contributed by atoms with Gasteiger partial charge < -0.3 is 19.9 Å². The van der Waals surface area contributed by atoms with Crippen LogP contribution in [0.15, 0.2) is 30.6 Å². The molecule has 1 heterocycles. The lowest BCUT2D eigenvalue weighted by Gasteiger charge is -2.13. The van der Waals surface area contributed by atoms with E-state index in [2.05, 4.69) is 9.97 Å². The van der Waals surface area contributed by atoms with E-state index < -0.39 is 0 Å². The van der Waals surface area contributed by atoms with Crippen LogP contribution in [-0.4, -0.2) is 23.2 Å². The molecule has 0 aliphatic rings. The maximum Gasteiger partial charge on any atom is 0.249 e. The fourth-order valence-electron chi connectivity index (χ4n) is 1.52. The van der Waals surface area contributed by atoms with Crippen molar-refractivity contribution in [3.8, 4) is 23.3 Å². The van der Waals surface area contributed by atoms with Crippen molar-refractivity contribution in [2.75, 3.05) is 12.8 Å². The zero-order valence-electron chi connectivity index (χ0n) is 11.7. The molecule has 0 amide bonds. The van der Waals surface area contributed by atoms with Gasteiger partial charge in [-0.15, -0.1) is 0 Å². The predicted octanol–water partition coefficient (Wildman–Crippen LogP) is 2.65. The Morgan fingerprint density at radius 3 is 2.20 bits per heavy atom. The lowest BCUT2D eigenvalue weighted by molar-refractivity contribution is 0.232. The van der Waals surface area contributed by atoms with E-state index in [0.29, 0.717) is 11.6 Å². The van der Waals surface area contributed by atoms with Gasteiger partial charge in [0.2, 0.25) is 11.8 Å². The monoisotopic (exact) mass is 275 g/mol. The Labute approximate surface area is 117 Å². The zero-order chi connectivity index (χ0) is 14.5. The molecule has 0 radical (unpaired) electrons. The van der Waals surface area contributed by atoms with Gasteiger partial charge in [0.05, 0.1) is 13.2 Å². The minimum atomic E-state index is -0.0268. The largest absolute Gasteiger partial charge is 0.497 e. The highest BCUT2D eigenvalue weighted by Crippen LogP contribution is 2.31. The van der Waals surface area contributed by atoms with E-state index in [9.17, 15) is 0 Å². The minimum absolute atomic E-state index is 0.0268. The number of ether oxygens (including phenoxy) is 3. The third-order valence-electron chi connectivity index (χ3n) is 2.43. The molecule has 0 saturated carbocycles. The van der Waals surface area contributed by atoms with E-state index in [1.165, 1.54) is 6.33 Å². The molecule has 106 valence electrons. The second kappa shape index (κ2) is 6.10. The van der Waals surface area contributed by atoms with Crippen LogP contribution in [0.1, 0.15) is 13.8 Å². The summed E-state index contributed by atoms with van der Waals surface area (Å²) in [5.74, 6) is 1.93. The topological polar surface area (TPSA) is 79.5 Å². The average Bonchev–Trinajstić information content (AvgIpc) is 2.43. The lowest BCUT2D eigenvalue weighted by Crippen LogP contribution is -2.10. The van der Waals surface area contributed by atoms with Crippen LogP contribution in [0.25, 0.3) is 0 Å². The molecular formula is C14H17N3O3. The minimum Gasteiger partial charge on any atom is -0.497 e. The molecule has 0 aliphatic carbocycles. The van der Waals surface area contributed by atoms with Crippen molar-refractivity contribution in [1.29, 1.82) is 0 Å². The van der Waals surface area contributed by atoms with Crippen molar-refractivity contribution in [3.05, 3.63) is 30.6 Å². The molecule has 1 aromatic carbocycles. The molecule has 1 aromatic heterocycles. The summed E-state index contributed by atoms with van der Waals surface area (Å²) < 4.78 is 16.2. The maximum absolute atomic E-state index is 5.94. The fourth-order valence-corrected chi connectivity index (χ4v) is 1.52. The van der Waals surface area contributed by atoms with E-state index in [1.807, 2.05) is 13.8 Å². The molecule has 0 spiro atoms. The summed E-state index contributed by atoms with van der Waals surface area (Å²) in [4.78, 5) is 8.00. The summed E-state index contributed by atoms with van der Waals surface area (Å²) in [5, 5.41) is 0. The molecule has 0 atom stereocenters. The number of methoxy groups -OCH3 is 1. The predicted molar refractivity (Wildman–Crippen MR) is 75.3 cm³/mol. The number of anilines is 1. The number of nitrogen functional groups attached to an aromatic ring is 1. The zero-order valence-corrected chi connectivity index (χ0v) is 11.7. The van der Waals surface area contributed by atoms with E-state index in [-0.39, 0.29) is 17.7 Å². The second-order valence-electron chi connectivity index (χ2n) is 4.34. The summed E-state index contributed by atoms with van der Waals surface area (Å²) in [6.45, 7) is 3.79. The fraction of sp³-hybridized carbons (Fsp3) is 0.286. The summed E-state index contributed by atoms with van der Waals surface area (Å²) in [6, 6.07) is 7.11. The van der Waals surface area contributed by atoms with Crippen molar-refractivity contribution < 1.29 is 14.2 Å². The molecule has 2 N–H and O–H groups in total. The summed E-state index contributed by atoms with van der Waals surface area (Å²) in [5.41, 5.74) is 6.21. The molecular weight excluding hydrogens is 258 g/mol. The van der Waals surface area contributed by atoms with Gasteiger partial charge in [0.15, 0.2) is 5.69 Å². The van der Waals surface area contributed by atoms with Crippen molar-refractivity contribution in [2.45, 2.75) is 20.0 Å². The first kappa shape index (κ1) is 13.9. The van der Waals surface area contributed by atoms with Crippen LogP contribution in [0.5, 0.6) is 23.3 Å². The Balaban J connectivity index is 2.20. The molecule has 0 bridgehead atoms. The van der Waals surface area contributed by atoms with Crippen LogP contribution in [-0.2, 0) is 0 Å². The number of nitrogens with two attached hydrogens (primary N) is 1. The van der Waals surface area contributed by atoms with Gasteiger partial charge in [-0.05, 0) is 38.1 Å². The van der Waals surface area contributed by atoms with Gasteiger partial charge >= 0.3 is 0 Å². The highest BCUT2D eigenvalue weighted by Gasteiger charge is 2.12. The van der Waals surface area contributed by atoms with Crippen LogP contribution < -0.4 is 19.9 Å². The Kier molecular flexibility index (Phi) is 4.24. The number of rotatable bonds is 5. The molecule has 2 rings (SSSR count). The molecule has 2 aromatic rings. The van der Waals surface area contributed by atoms with E-state index in [1.54, 1.807) is 31.4 Å². The Hall–Kier alpha value is -2.50. The van der Waals surface area contributed by atoms with Gasteiger partial charge in [-0.1, -0.05) is 0 Å². The van der Waals surface area contributed by atoms with Crippen LogP contribution in [0, 0.1) is 0 Å². The lowest BCUT2D eigenvalue weighted by atomic mass is 10.3. The number of hydrogen-bond donors (Lipinski definition) is 1. The van der Waals surface area contributed by atoms with Crippen LogP contribution in [0.4, 0.5) is 5.69 Å². The van der Waals surface area contributed by atoms with Crippen LogP contribution in [0.3, 0.4) is 0 Å². The average molecular weight is 275 g/mol. The van der Waals surface area contributed by atoms with Crippen molar-refractivity contribution in [1.82, 2.24) is 9.97 Å². The SMILES string of the molecule is COc1ccc(Oc2ncnc(OC(C)C)c2N)cc1. The number of benzene rings is 1. The molecule has 0 saturated heterocycles. The third kappa shape index (κ3) is 3.28. The van der Waals surface area contributed by atoms with Gasteiger partial charge in [-0.2, -0.15) is 9.97 Å². The normalized spacial score (nSPS) is 10.4. The Bertz CT molecular complexity index is 570. The Morgan fingerprint density at radius 2 is 1.60 bits per heavy atom. The van der Waals surface area contributed by atoms with Gasteiger partial charge in [0.25, 0.3) is 0 Å². The molecule has 0 aliphatic heterocycles. The number of aromatic nitrogens is 2. The highest BCUT2D eigenvalue weighted by molar-refractivity contribution is 5.56. The smallest absolute Gasteiger partial charge is 0.249 e. The highest BCUT2D eigenvalue weighted by atomic mass is 16.5. The van der Waals surface area contributed by atoms with Crippen LogP contribution >= 0.6 is 0 Å². The first-order valence-electron chi connectivity index (χ1n) is 6.19. The van der Waals surface area contributed by atoms with Crippen LogP contribution in [0.2, 0.25) is 0 Å². The van der Waals surface area contributed by atoms with E-state index >= 15 is 0 Å². The molecule has 0 fully saturated rings. The van der Waals surface area contributed by atoms with Gasteiger partial charge in [0.1, 0.15) is 17.8 Å². The number of hydrogen-bond acceptors (Lipinski definition) is 6. The van der Waals surface area contributed by atoms with Crippen molar-refractivity contribution in [2.24, 2.45) is 0 Å². The van der Waals surface area contributed by atoms with E-state index in [4.69, 9.17) is 19.9 Å². The third-order valence-corrected chi connectivity index (χ3v) is 2.43.